The first-order chi connectivity index (χ1) is 15.8. The van der Waals surface area contributed by atoms with Crippen LogP contribution in [0.2, 0.25) is 0 Å². The van der Waals surface area contributed by atoms with Crippen molar-refractivity contribution in [3.63, 3.8) is 0 Å². The molecule has 0 unspecified atom stereocenters. The number of oxime groups is 1. The van der Waals surface area contributed by atoms with Crippen molar-refractivity contribution in [3.05, 3.63) is 35.4 Å². The number of rotatable bonds is 8. The Labute approximate surface area is 191 Å². The number of carbonyl (C=O) groups excluding carboxylic acids is 2. The van der Waals surface area contributed by atoms with Gasteiger partial charge in [-0.3, -0.25) is 14.5 Å². The van der Waals surface area contributed by atoms with E-state index in [1.165, 1.54) is 12.1 Å². The van der Waals surface area contributed by atoms with Gasteiger partial charge in [0.1, 0.15) is 6.61 Å². The van der Waals surface area contributed by atoms with Gasteiger partial charge in [0.2, 0.25) is 5.91 Å². The zero-order valence-electron chi connectivity index (χ0n) is 18.8. The Morgan fingerprint density at radius 2 is 1.97 bits per heavy atom. The molecule has 0 bridgehead atoms. The van der Waals surface area contributed by atoms with Crippen LogP contribution in [0.3, 0.4) is 0 Å². The molecule has 33 heavy (non-hydrogen) atoms. The smallest absolute Gasteiger partial charge is 0.396 e. The van der Waals surface area contributed by atoms with Crippen molar-refractivity contribution in [2.24, 2.45) is 5.16 Å². The molecular weight excluding hydrogens is 437 g/mol. The summed E-state index contributed by atoms with van der Waals surface area (Å²) in [5, 5.41) is 9.52. The molecule has 1 aromatic rings. The summed E-state index contributed by atoms with van der Waals surface area (Å²) in [5.74, 6) is -1.07. The molecular formula is C23H31F3N4O3. The Hall–Kier alpha value is -2.62. The number of halogens is 3. The first-order valence-electron chi connectivity index (χ1n) is 11.4. The van der Waals surface area contributed by atoms with Gasteiger partial charge < -0.3 is 15.5 Å². The normalized spacial score (nSPS) is 21.5. The first kappa shape index (κ1) is 25.0. The lowest BCUT2D eigenvalue weighted by Gasteiger charge is -2.31. The lowest BCUT2D eigenvalue weighted by Crippen LogP contribution is -2.44. The molecule has 1 saturated carbocycles. The van der Waals surface area contributed by atoms with Crippen LogP contribution in [-0.4, -0.2) is 60.8 Å². The predicted octanol–water partition coefficient (Wildman–Crippen LogP) is 3.35. The molecule has 1 atom stereocenters. The van der Waals surface area contributed by atoms with Gasteiger partial charge >= 0.3 is 6.18 Å². The number of hydrogen-bond acceptors (Lipinski definition) is 5. The van der Waals surface area contributed by atoms with E-state index in [2.05, 4.69) is 20.7 Å². The maximum Gasteiger partial charge on any atom is 0.416 e. The van der Waals surface area contributed by atoms with Crippen molar-refractivity contribution in [2.45, 2.75) is 63.7 Å². The number of nitrogens with one attached hydrogen (secondary N) is 2. The van der Waals surface area contributed by atoms with E-state index in [0.29, 0.717) is 12.6 Å². The van der Waals surface area contributed by atoms with Crippen LogP contribution in [-0.2, 0) is 15.8 Å². The number of benzene rings is 1. The van der Waals surface area contributed by atoms with Gasteiger partial charge in [0.15, 0.2) is 0 Å². The van der Waals surface area contributed by atoms with E-state index in [1.54, 1.807) is 0 Å². The second-order valence-corrected chi connectivity index (χ2v) is 8.53. The molecule has 10 heteroatoms. The minimum absolute atomic E-state index is 0.00842. The third-order valence-electron chi connectivity index (χ3n) is 5.98. The minimum atomic E-state index is -4.53. The fourth-order valence-corrected chi connectivity index (χ4v) is 4.24. The zero-order valence-corrected chi connectivity index (χ0v) is 18.8. The van der Waals surface area contributed by atoms with Crippen LogP contribution < -0.4 is 10.6 Å². The minimum Gasteiger partial charge on any atom is -0.396 e. The Bertz CT molecular complexity index is 850. The van der Waals surface area contributed by atoms with Crippen LogP contribution >= 0.6 is 0 Å². The van der Waals surface area contributed by atoms with Gasteiger partial charge in [-0.05, 0) is 56.7 Å². The number of likely N-dealkylation sites (tertiary alicyclic amines) is 1. The number of carbonyl (C=O) groups is 2. The highest BCUT2D eigenvalue weighted by atomic mass is 19.4. The summed E-state index contributed by atoms with van der Waals surface area (Å²) in [6, 6.07) is 4.58. The highest BCUT2D eigenvalue weighted by Gasteiger charge is 2.32. The van der Waals surface area contributed by atoms with Crippen molar-refractivity contribution >= 4 is 17.5 Å². The lowest BCUT2D eigenvalue weighted by molar-refractivity contribution is -0.137. The standard InChI is InChI=1S/C23H31F3N4O3/c1-2-12-33-29-18-6-8-20(9-7-18)30-11-10-19(15-30)28-21(31)14-27-22(32)16-4-3-5-17(13-16)23(24,25)26/h3-5,13,19-20H,2,6-12,14-15H2,1H3,(H,27,32)(H,28,31)/t19-,20?/m1/s1. The van der Waals surface area contributed by atoms with Crippen LogP contribution in [0, 0.1) is 0 Å². The Morgan fingerprint density at radius 1 is 1.21 bits per heavy atom. The molecule has 7 nitrogen and oxygen atoms in total. The average molecular weight is 469 g/mol. The summed E-state index contributed by atoms with van der Waals surface area (Å²) in [6.45, 7) is 4.04. The maximum absolute atomic E-state index is 12.8. The van der Waals surface area contributed by atoms with Gasteiger partial charge in [-0.25, -0.2) is 0 Å². The fraction of sp³-hybridized carbons (Fsp3) is 0.609. The molecule has 2 fully saturated rings. The van der Waals surface area contributed by atoms with E-state index in [4.69, 9.17) is 4.84 Å². The van der Waals surface area contributed by atoms with Crippen LogP contribution in [0.25, 0.3) is 0 Å². The average Bonchev–Trinajstić information content (AvgIpc) is 3.26. The summed E-state index contributed by atoms with van der Waals surface area (Å²) in [7, 11) is 0. The molecule has 0 spiro atoms. The van der Waals surface area contributed by atoms with Gasteiger partial charge in [-0.1, -0.05) is 18.1 Å². The van der Waals surface area contributed by atoms with Crippen molar-refractivity contribution in [1.82, 2.24) is 15.5 Å². The number of nitrogens with zero attached hydrogens (tertiary/aromatic N) is 2. The highest BCUT2D eigenvalue weighted by molar-refractivity contribution is 5.96. The molecule has 1 saturated heterocycles. The Morgan fingerprint density at radius 3 is 2.67 bits per heavy atom. The van der Waals surface area contributed by atoms with E-state index < -0.39 is 17.6 Å². The van der Waals surface area contributed by atoms with E-state index in [0.717, 1.165) is 69.5 Å². The number of alkyl halides is 3. The van der Waals surface area contributed by atoms with Gasteiger partial charge in [-0.15, -0.1) is 0 Å². The van der Waals surface area contributed by atoms with E-state index in [9.17, 15) is 22.8 Å². The van der Waals surface area contributed by atoms with Crippen LogP contribution in [0.15, 0.2) is 29.4 Å². The molecule has 1 aliphatic heterocycles. The second kappa shape index (κ2) is 11.5. The van der Waals surface area contributed by atoms with Gasteiger partial charge in [0.25, 0.3) is 5.91 Å². The molecule has 3 rings (SSSR count). The maximum atomic E-state index is 12.8. The van der Waals surface area contributed by atoms with E-state index in [1.807, 2.05) is 6.92 Å². The molecule has 182 valence electrons. The van der Waals surface area contributed by atoms with Crippen LogP contribution in [0.4, 0.5) is 13.2 Å². The molecule has 2 N–H and O–H groups in total. The first-order valence-corrected chi connectivity index (χ1v) is 11.4. The van der Waals surface area contributed by atoms with Crippen LogP contribution in [0.1, 0.15) is 61.4 Å². The second-order valence-electron chi connectivity index (χ2n) is 8.53. The summed E-state index contributed by atoms with van der Waals surface area (Å²) < 4.78 is 38.4. The lowest BCUT2D eigenvalue weighted by atomic mass is 9.93. The monoisotopic (exact) mass is 468 g/mol. The fourth-order valence-electron chi connectivity index (χ4n) is 4.24. The molecule has 2 aliphatic rings. The van der Waals surface area contributed by atoms with E-state index in [-0.39, 0.29) is 24.1 Å². The molecule has 1 aromatic carbocycles. The number of amides is 2. The molecule has 0 radical (unpaired) electrons. The predicted molar refractivity (Wildman–Crippen MR) is 118 cm³/mol. The van der Waals surface area contributed by atoms with Crippen molar-refractivity contribution in [3.8, 4) is 0 Å². The quantitative estimate of drug-likeness (QED) is 0.453. The van der Waals surface area contributed by atoms with Crippen molar-refractivity contribution < 1.29 is 27.6 Å². The molecule has 1 heterocycles. The van der Waals surface area contributed by atoms with Crippen molar-refractivity contribution in [1.29, 1.82) is 0 Å². The SMILES string of the molecule is CCCON=C1CCC(N2CC[C@@H](NC(=O)CNC(=O)c3cccc(C(F)(F)F)c3)C2)CC1. The van der Waals surface area contributed by atoms with Gasteiger partial charge in [0.05, 0.1) is 17.8 Å². The molecule has 2 amide bonds. The third-order valence-corrected chi connectivity index (χ3v) is 5.98. The zero-order chi connectivity index (χ0) is 23.8. The summed E-state index contributed by atoms with van der Waals surface area (Å²) in [6.07, 6.45) is 1.11. The third kappa shape index (κ3) is 7.45. The molecule has 1 aliphatic carbocycles. The van der Waals surface area contributed by atoms with Gasteiger partial charge in [-0.2, -0.15) is 13.2 Å². The molecule has 0 aromatic heterocycles. The Kier molecular flexibility index (Phi) is 8.71. The topological polar surface area (TPSA) is 83.0 Å². The summed E-state index contributed by atoms with van der Waals surface area (Å²) >= 11 is 0. The summed E-state index contributed by atoms with van der Waals surface area (Å²) in [4.78, 5) is 32.1. The van der Waals surface area contributed by atoms with Gasteiger partial charge in [0, 0.05) is 30.7 Å². The highest BCUT2D eigenvalue weighted by Crippen LogP contribution is 2.29. The Balaban J connectivity index is 1.39. The van der Waals surface area contributed by atoms with Crippen molar-refractivity contribution in [2.75, 3.05) is 26.2 Å². The largest absolute Gasteiger partial charge is 0.416 e. The number of hydrogen-bond donors (Lipinski definition) is 2. The van der Waals surface area contributed by atoms with E-state index >= 15 is 0 Å². The van der Waals surface area contributed by atoms with Crippen LogP contribution in [0.5, 0.6) is 0 Å². The summed E-state index contributed by atoms with van der Waals surface area (Å²) in [5.41, 5.74) is 0.0745.